The van der Waals surface area contributed by atoms with Crippen LogP contribution in [0.15, 0.2) is 91.0 Å². The van der Waals surface area contributed by atoms with Crippen molar-refractivity contribution in [3.05, 3.63) is 108 Å². The molecule has 6 nitrogen and oxygen atoms in total. The van der Waals surface area contributed by atoms with Gasteiger partial charge in [0.2, 0.25) is 0 Å². The van der Waals surface area contributed by atoms with Crippen molar-refractivity contribution in [2.45, 2.75) is 37.5 Å². The largest absolute Gasteiger partial charge is 0.473 e. The standard InChI is InChI=1S/C27H29NO.C2H2O4/c1-4-10-21(11-5-1)20-29-27-24-16-18-28(19-17-24)26(27)25(22-12-6-2-7-13-22)23-14-8-3-9-15-23;3-1(4)2(5)6/h1-15,24-27H,16-20H2;(H,3,4)(H,5,6). The highest BCUT2D eigenvalue weighted by molar-refractivity contribution is 6.27. The monoisotopic (exact) mass is 473 g/mol. The summed E-state index contributed by atoms with van der Waals surface area (Å²) in [5.74, 6) is -2.66. The van der Waals surface area contributed by atoms with Crippen LogP contribution in [0.1, 0.15) is 35.4 Å². The first-order valence-electron chi connectivity index (χ1n) is 12.0. The lowest BCUT2D eigenvalue weighted by Gasteiger charge is -2.53. The smallest absolute Gasteiger partial charge is 0.414 e. The molecule has 2 bridgehead atoms. The topological polar surface area (TPSA) is 87.1 Å². The third-order valence-corrected chi connectivity index (χ3v) is 6.92. The van der Waals surface area contributed by atoms with Crippen LogP contribution in [0, 0.1) is 5.92 Å². The maximum Gasteiger partial charge on any atom is 0.414 e. The summed E-state index contributed by atoms with van der Waals surface area (Å²) < 4.78 is 6.70. The van der Waals surface area contributed by atoms with Crippen molar-refractivity contribution >= 4 is 11.9 Å². The SMILES string of the molecule is O=C(O)C(=O)O.c1ccc(COC2C3CCN(CC3)C2C(c2ccccc2)c2ccccc2)cc1. The van der Waals surface area contributed by atoms with Crippen molar-refractivity contribution in [3.8, 4) is 0 Å². The van der Waals surface area contributed by atoms with Gasteiger partial charge in [-0.1, -0.05) is 91.0 Å². The molecule has 0 saturated carbocycles. The van der Waals surface area contributed by atoms with Gasteiger partial charge in [0, 0.05) is 12.0 Å². The summed E-state index contributed by atoms with van der Waals surface area (Å²) in [5.41, 5.74) is 4.05. The highest BCUT2D eigenvalue weighted by Crippen LogP contribution is 2.43. The van der Waals surface area contributed by atoms with E-state index in [1.165, 1.54) is 42.6 Å². The fraction of sp³-hybridized carbons (Fsp3) is 0.310. The molecule has 2 atom stereocenters. The molecule has 3 fully saturated rings. The number of nitrogens with zero attached hydrogens (tertiary/aromatic N) is 1. The van der Waals surface area contributed by atoms with Crippen molar-refractivity contribution in [1.29, 1.82) is 0 Å². The Balaban J connectivity index is 0.000000431. The molecular weight excluding hydrogens is 442 g/mol. The van der Waals surface area contributed by atoms with Gasteiger partial charge in [-0.2, -0.15) is 0 Å². The normalized spacial score (nSPS) is 22.8. The fourth-order valence-corrected chi connectivity index (χ4v) is 5.34. The number of carboxylic acids is 2. The zero-order valence-corrected chi connectivity index (χ0v) is 19.6. The third kappa shape index (κ3) is 6.15. The van der Waals surface area contributed by atoms with Gasteiger partial charge in [-0.25, -0.2) is 9.59 Å². The first-order valence-corrected chi connectivity index (χ1v) is 12.0. The van der Waals surface area contributed by atoms with Gasteiger partial charge in [0.25, 0.3) is 0 Å². The highest BCUT2D eigenvalue weighted by atomic mass is 16.5. The molecule has 0 aliphatic carbocycles. The molecule has 0 radical (unpaired) electrons. The fourth-order valence-electron chi connectivity index (χ4n) is 5.34. The molecule has 2 unspecified atom stereocenters. The number of carbonyl (C=O) groups is 2. The molecule has 3 heterocycles. The molecule has 0 spiro atoms. The third-order valence-electron chi connectivity index (χ3n) is 6.92. The second-order valence-electron chi connectivity index (χ2n) is 9.03. The minimum atomic E-state index is -1.82. The van der Waals surface area contributed by atoms with Crippen LogP contribution in [-0.4, -0.2) is 52.3 Å². The van der Waals surface area contributed by atoms with Crippen LogP contribution < -0.4 is 0 Å². The number of rotatable bonds is 6. The Morgan fingerprint density at radius 2 is 1.23 bits per heavy atom. The molecule has 182 valence electrons. The maximum absolute atomic E-state index is 9.10. The molecule has 35 heavy (non-hydrogen) atoms. The van der Waals surface area contributed by atoms with Gasteiger partial charge in [0.15, 0.2) is 0 Å². The molecule has 0 amide bonds. The number of hydrogen-bond donors (Lipinski definition) is 2. The van der Waals surface area contributed by atoms with E-state index in [0.717, 1.165) is 0 Å². The summed E-state index contributed by atoms with van der Waals surface area (Å²) in [6.45, 7) is 3.08. The summed E-state index contributed by atoms with van der Waals surface area (Å²) in [5, 5.41) is 14.8. The second kappa shape index (κ2) is 11.8. The van der Waals surface area contributed by atoms with E-state index >= 15 is 0 Å². The van der Waals surface area contributed by atoms with Crippen molar-refractivity contribution < 1.29 is 24.5 Å². The summed E-state index contributed by atoms with van der Waals surface area (Å²) in [6, 6.07) is 33.0. The zero-order valence-electron chi connectivity index (χ0n) is 19.6. The minimum absolute atomic E-state index is 0.267. The number of hydrogen-bond acceptors (Lipinski definition) is 4. The van der Waals surface area contributed by atoms with Crippen LogP contribution in [0.4, 0.5) is 0 Å². The molecule has 0 aromatic heterocycles. The Morgan fingerprint density at radius 1 is 0.771 bits per heavy atom. The van der Waals surface area contributed by atoms with E-state index < -0.39 is 11.9 Å². The lowest BCUT2D eigenvalue weighted by Crippen LogP contribution is -2.60. The molecule has 3 aliphatic rings. The molecule has 3 aromatic rings. The van der Waals surface area contributed by atoms with E-state index in [9.17, 15) is 0 Å². The number of piperidine rings is 3. The number of fused-ring (bicyclic) bond motifs is 3. The summed E-state index contributed by atoms with van der Waals surface area (Å²) in [4.78, 5) is 20.9. The Morgan fingerprint density at radius 3 is 1.69 bits per heavy atom. The summed E-state index contributed by atoms with van der Waals surface area (Å²) >= 11 is 0. The van der Waals surface area contributed by atoms with Crippen LogP contribution in [0.25, 0.3) is 0 Å². The first-order chi connectivity index (χ1) is 17.0. The van der Waals surface area contributed by atoms with E-state index in [2.05, 4.69) is 95.9 Å². The lowest BCUT2D eigenvalue weighted by atomic mass is 9.72. The minimum Gasteiger partial charge on any atom is -0.473 e. The van der Waals surface area contributed by atoms with Gasteiger partial charge in [-0.05, 0) is 48.5 Å². The molecule has 3 saturated heterocycles. The van der Waals surface area contributed by atoms with Crippen molar-refractivity contribution in [3.63, 3.8) is 0 Å². The van der Waals surface area contributed by atoms with Crippen LogP contribution >= 0.6 is 0 Å². The number of carboxylic acid groups (broad SMARTS) is 2. The average molecular weight is 474 g/mol. The van der Waals surface area contributed by atoms with Crippen LogP contribution in [0.5, 0.6) is 0 Å². The summed E-state index contributed by atoms with van der Waals surface area (Å²) in [6.07, 6.45) is 2.78. The maximum atomic E-state index is 9.10. The Kier molecular flexibility index (Phi) is 8.29. The van der Waals surface area contributed by atoms with Gasteiger partial charge in [0.05, 0.1) is 12.7 Å². The Labute approximate surface area is 205 Å². The van der Waals surface area contributed by atoms with Gasteiger partial charge in [-0.15, -0.1) is 0 Å². The zero-order chi connectivity index (χ0) is 24.6. The van der Waals surface area contributed by atoms with Crippen molar-refractivity contribution in [2.24, 2.45) is 5.92 Å². The molecule has 6 heteroatoms. The van der Waals surface area contributed by atoms with Gasteiger partial charge >= 0.3 is 11.9 Å². The molecule has 3 aliphatic heterocycles. The number of ether oxygens (including phenoxy) is 1. The van der Waals surface area contributed by atoms with Gasteiger partial charge < -0.3 is 14.9 Å². The molecule has 6 rings (SSSR count). The molecule has 3 aromatic carbocycles. The van der Waals surface area contributed by atoms with Gasteiger partial charge in [-0.3, -0.25) is 4.90 Å². The van der Waals surface area contributed by atoms with Crippen LogP contribution in [-0.2, 0) is 20.9 Å². The predicted molar refractivity (Wildman–Crippen MR) is 133 cm³/mol. The van der Waals surface area contributed by atoms with Crippen LogP contribution in [0.2, 0.25) is 0 Å². The Bertz CT molecular complexity index is 1030. The molecule has 2 N–H and O–H groups in total. The number of aliphatic carboxylic acids is 2. The van der Waals surface area contributed by atoms with E-state index in [1.54, 1.807) is 0 Å². The van der Waals surface area contributed by atoms with E-state index in [1.807, 2.05) is 0 Å². The van der Waals surface area contributed by atoms with Crippen molar-refractivity contribution in [2.75, 3.05) is 13.1 Å². The highest BCUT2D eigenvalue weighted by Gasteiger charge is 2.47. The Hall–Kier alpha value is -3.48. The number of benzene rings is 3. The molecular formula is C29H31NO5. The lowest BCUT2D eigenvalue weighted by molar-refractivity contribution is -0.159. The second-order valence-corrected chi connectivity index (χ2v) is 9.03. The van der Waals surface area contributed by atoms with E-state index in [-0.39, 0.29) is 6.10 Å². The summed E-state index contributed by atoms with van der Waals surface area (Å²) in [7, 11) is 0. The quantitative estimate of drug-likeness (QED) is 0.507. The average Bonchev–Trinajstić information content (AvgIpc) is 2.91. The van der Waals surface area contributed by atoms with Crippen molar-refractivity contribution in [1.82, 2.24) is 4.90 Å². The van der Waals surface area contributed by atoms with Gasteiger partial charge in [0.1, 0.15) is 0 Å². The van der Waals surface area contributed by atoms with Crippen LogP contribution in [0.3, 0.4) is 0 Å². The van der Waals surface area contributed by atoms with E-state index in [4.69, 9.17) is 24.5 Å². The van der Waals surface area contributed by atoms with E-state index in [0.29, 0.717) is 24.5 Å². The first kappa shape index (κ1) is 24.6. The predicted octanol–water partition coefficient (Wildman–Crippen LogP) is 4.65.